The largest absolute Gasteiger partial charge is 0.291 e. The van der Waals surface area contributed by atoms with Crippen LogP contribution in [0.3, 0.4) is 0 Å². The van der Waals surface area contributed by atoms with Crippen molar-refractivity contribution >= 4 is 37.5 Å². The zero-order valence-corrected chi connectivity index (χ0v) is 17.2. The quantitative estimate of drug-likeness (QED) is 0.342. The monoisotopic (exact) mass is 449 g/mol. The number of hydrogen-bond donors (Lipinski definition) is 2. The van der Waals surface area contributed by atoms with Crippen molar-refractivity contribution in [2.45, 2.75) is 9.79 Å². The van der Waals surface area contributed by atoms with Crippen LogP contribution in [0.15, 0.2) is 99.1 Å². The lowest BCUT2D eigenvalue weighted by molar-refractivity contribution is 0.576. The number of nitrogens with zero attached hydrogens (tertiary/aromatic N) is 1. The van der Waals surface area contributed by atoms with E-state index < -0.39 is 20.0 Å². The minimum absolute atomic E-state index is 0.0143. The molecule has 0 bridgehead atoms. The van der Waals surface area contributed by atoms with Gasteiger partial charge in [0.05, 0.1) is 9.79 Å². The molecule has 0 aromatic heterocycles. The van der Waals surface area contributed by atoms with Crippen LogP contribution in [0.5, 0.6) is 0 Å². The molecule has 7 nitrogen and oxygen atoms in total. The van der Waals surface area contributed by atoms with E-state index in [9.17, 15) is 16.8 Å². The molecule has 0 fully saturated rings. The van der Waals surface area contributed by atoms with Gasteiger partial charge in [-0.25, -0.2) is 8.42 Å². The summed E-state index contributed by atoms with van der Waals surface area (Å²) in [6.07, 6.45) is 0. The topological polar surface area (TPSA) is 105 Å². The second-order valence-corrected chi connectivity index (χ2v) is 9.50. The average molecular weight is 450 g/mol. The Bertz CT molecular complexity index is 1210. The van der Waals surface area contributed by atoms with E-state index in [0.717, 1.165) is 0 Å². The van der Waals surface area contributed by atoms with Crippen molar-refractivity contribution in [2.24, 2.45) is 4.40 Å². The smallest absolute Gasteiger partial charge is 0.284 e. The van der Waals surface area contributed by atoms with Crippen molar-refractivity contribution in [3.8, 4) is 0 Å². The first-order valence-corrected chi connectivity index (χ1v) is 11.6. The highest BCUT2D eigenvalue weighted by atomic mass is 35.5. The summed E-state index contributed by atoms with van der Waals surface area (Å²) < 4.78 is 54.0. The minimum Gasteiger partial charge on any atom is -0.291 e. The summed E-state index contributed by atoms with van der Waals surface area (Å²) in [6.45, 7) is 0. The Kier molecular flexibility index (Phi) is 6.33. The minimum atomic E-state index is -4.12. The first-order valence-electron chi connectivity index (χ1n) is 8.27. The van der Waals surface area contributed by atoms with E-state index in [1.54, 1.807) is 48.5 Å². The fraction of sp³-hybridized carbons (Fsp3) is 0. The number of nitrogens with one attached hydrogen (secondary N) is 2. The average Bonchev–Trinajstić information content (AvgIpc) is 2.73. The molecule has 0 heterocycles. The zero-order chi connectivity index (χ0) is 20.9. The maximum Gasteiger partial charge on any atom is 0.284 e. The summed E-state index contributed by atoms with van der Waals surface area (Å²) in [6, 6.07) is 21.4. The third-order valence-corrected chi connectivity index (χ3v) is 6.53. The highest BCUT2D eigenvalue weighted by Gasteiger charge is 2.18. The van der Waals surface area contributed by atoms with E-state index in [4.69, 9.17) is 11.6 Å². The summed E-state index contributed by atoms with van der Waals surface area (Å²) in [5.41, 5.74) is 2.79. The summed E-state index contributed by atoms with van der Waals surface area (Å²) in [5.74, 6) is -0.181. The van der Waals surface area contributed by atoms with Gasteiger partial charge in [0.15, 0.2) is 5.84 Å². The number of benzene rings is 3. The van der Waals surface area contributed by atoms with E-state index in [-0.39, 0.29) is 15.6 Å². The Labute approximate surface area is 174 Å². The highest BCUT2D eigenvalue weighted by Crippen LogP contribution is 2.17. The Balaban J connectivity index is 1.96. The van der Waals surface area contributed by atoms with Crippen molar-refractivity contribution < 1.29 is 16.8 Å². The number of hydrazine groups is 1. The molecule has 10 heteroatoms. The normalized spacial score (nSPS) is 12.5. The van der Waals surface area contributed by atoms with Crippen molar-refractivity contribution in [3.63, 3.8) is 0 Å². The van der Waals surface area contributed by atoms with Crippen molar-refractivity contribution in [1.82, 2.24) is 10.3 Å². The maximum atomic E-state index is 12.7. The van der Waals surface area contributed by atoms with Gasteiger partial charge >= 0.3 is 0 Å². The SMILES string of the molecule is O=S(=O)(N=C(NNS(=O)(=O)c1ccccc1)c1ccccc1)c1ccc(Cl)cc1. The molecule has 0 saturated heterocycles. The number of hydrogen-bond acceptors (Lipinski definition) is 4. The van der Waals surface area contributed by atoms with E-state index >= 15 is 0 Å². The molecule has 0 atom stereocenters. The summed E-state index contributed by atoms with van der Waals surface area (Å²) >= 11 is 5.80. The van der Waals surface area contributed by atoms with Crippen LogP contribution < -0.4 is 10.3 Å². The van der Waals surface area contributed by atoms with Gasteiger partial charge in [0.2, 0.25) is 0 Å². The number of halogens is 1. The van der Waals surface area contributed by atoms with Crippen LogP contribution in [0.1, 0.15) is 5.56 Å². The predicted molar refractivity (Wildman–Crippen MR) is 112 cm³/mol. The molecule has 3 aromatic carbocycles. The van der Waals surface area contributed by atoms with Crippen LogP contribution in [0.25, 0.3) is 0 Å². The number of amidine groups is 1. The first kappa shape index (κ1) is 21.0. The van der Waals surface area contributed by atoms with E-state index in [1.807, 2.05) is 0 Å². The second kappa shape index (κ2) is 8.75. The molecule has 0 spiro atoms. The van der Waals surface area contributed by atoms with Gasteiger partial charge < -0.3 is 0 Å². The number of rotatable bonds is 6. The van der Waals surface area contributed by atoms with Crippen LogP contribution in [-0.4, -0.2) is 22.7 Å². The van der Waals surface area contributed by atoms with Gasteiger partial charge in [0, 0.05) is 10.6 Å². The molecule has 150 valence electrons. The Hall–Kier alpha value is -2.72. The zero-order valence-electron chi connectivity index (χ0n) is 14.9. The molecule has 0 aliphatic rings. The van der Waals surface area contributed by atoms with Gasteiger partial charge in [-0.3, -0.25) is 5.43 Å². The molecule has 2 N–H and O–H groups in total. The van der Waals surface area contributed by atoms with Crippen molar-refractivity contribution in [3.05, 3.63) is 95.5 Å². The molecule has 0 radical (unpaired) electrons. The Morgan fingerprint density at radius 2 is 1.28 bits per heavy atom. The van der Waals surface area contributed by atoms with Gasteiger partial charge in [0.25, 0.3) is 20.0 Å². The fourth-order valence-corrected chi connectivity index (χ4v) is 4.26. The Morgan fingerprint density at radius 1 is 0.724 bits per heavy atom. The summed E-state index contributed by atoms with van der Waals surface area (Å²) in [5, 5.41) is 0.380. The van der Waals surface area contributed by atoms with Gasteiger partial charge in [-0.15, -0.1) is 9.23 Å². The van der Waals surface area contributed by atoms with Crippen LogP contribution in [-0.2, 0) is 20.0 Å². The molecule has 0 aliphatic heterocycles. The molecule has 0 amide bonds. The summed E-state index contributed by atoms with van der Waals surface area (Å²) in [4.78, 5) is 2.10. The van der Waals surface area contributed by atoms with Crippen LogP contribution in [0.2, 0.25) is 5.02 Å². The van der Waals surface area contributed by atoms with Crippen molar-refractivity contribution in [1.29, 1.82) is 0 Å². The molecule has 0 saturated carbocycles. The van der Waals surface area contributed by atoms with Gasteiger partial charge in [-0.1, -0.05) is 60.1 Å². The molecule has 3 aromatic rings. The first-order chi connectivity index (χ1) is 13.8. The van der Waals surface area contributed by atoms with Gasteiger partial charge in [-0.2, -0.15) is 8.42 Å². The highest BCUT2D eigenvalue weighted by molar-refractivity contribution is 7.90. The molecule has 29 heavy (non-hydrogen) atoms. The van der Waals surface area contributed by atoms with Crippen LogP contribution >= 0.6 is 11.6 Å². The Morgan fingerprint density at radius 3 is 1.86 bits per heavy atom. The maximum absolute atomic E-state index is 12.7. The third-order valence-electron chi connectivity index (χ3n) is 3.73. The third kappa shape index (κ3) is 5.42. The molecular formula is C19H16ClN3O4S2. The van der Waals surface area contributed by atoms with Gasteiger partial charge in [-0.05, 0) is 36.4 Å². The lowest BCUT2D eigenvalue weighted by atomic mass is 10.2. The van der Waals surface area contributed by atoms with E-state index in [2.05, 4.69) is 14.7 Å². The van der Waals surface area contributed by atoms with E-state index in [0.29, 0.717) is 10.6 Å². The van der Waals surface area contributed by atoms with Gasteiger partial charge in [0.1, 0.15) is 0 Å². The predicted octanol–water partition coefficient (Wildman–Crippen LogP) is 2.96. The van der Waals surface area contributed by atoms with Crippen LogP contribution in [0.4, 0.5) is 0 Å². The van der Waals surface area contributed by atoms with Crippen LogP contribution in [0, 0.1) is 0 Å². The standard InChI is InChI=1S/C19H16ClN3O4S2/c20-16-11-13-18(14-12-16)28(24,25)22-19(15-7-3-1-4-8-15)21-23-29(26,27)17-9-5-2-6-10-17/h1-14,23H,(H,21,22). The van der Waals surface area contributed by atoms with Crippen molar-refractivity contribution in [2.75, 3.05) is 0 Å². The lowest BCUT2D eigenvalue weighted by Crippen LogP contribution is -2.42. The molecular weight excluding hydrogens is 434 g/mol. The second-order valence-electron chi connectivity index (χ2n) is 5.78. The fourth-order valence-electron chi connectivity index (χ4n) is 2.30. The summed E-state index contributed by atoms with van der Waals surface area (Å²) in [7, 11) is -8.07. The molecule has 0 unspecified atom stereocenters. The lowest BCUT2D eigenvalue weighted by Gasteiger charge is -2.12. The van der Waals surface area contributed by atoms with E-state index in [1.165, 1.54) is 36.4 Å². The molecule has 0 aliphatic carbocycles. The molecule has 3 rings (SSSR count). The number of sulfonamides is 2.